The average molecular weight is 273 g/mol. The molecule has 1 aromatic rings. The van der Waals surface area contributed by atoms with Crippen LogP contribution in [0.2, 0.25) is 0 Å². The topological polar surface area (TPSA) is 64.3 Å². The summed E-state index contributed by atoms with van der Waals surface area (Å²) in [5.41, 5.74) is 6.53. The Balaban J connectivity index is 0.00000289. The maximum Gasteiger partial charge on any atom is 0.257 e. The van der Waals surface area contributed by atoms with Crippen molar-refractivity contribution in [3.63, 3.8) is 0 Å². The highest BCUT2D eigenvalue weighted by Crippen LogP contribution is 2.18. The Morgan fingerprint density at radius 1 is 1.33 bits per heavy atom. The van der Waals surface area contributed by atoms with Gasteiger partial charge in [0.2, 0.25) is 0 Å². The summed E-state index contributed by atoms with van der Waals surface area (Å²) < 4.78 is 5.35. The molecule has 0 unspecified atom stereocenters. The predicted octanol–water partition coefficient (Wildman–Crippen LogP) is 1.69. The monoisotopic (exact) mass is 272 g/mol. The maximum atomic E-state index is 11.3. The molecule has 1 aromatic carbocycles. The number of nitrogens with two attached hydrogens (primary N) is 1. The van der Waals surface area contributed by atoms with Crippen LogP contribution in [0.3, 0.4) is 0 Å². The van der Waals surface area contributed by atoms with Crippen LogP contribution in [0.4, 0.5) is 0 Å². The first-order chi connectivity index (χ1) is 8.13. The third-order valence-electron chi connectivity index (χ3n) is 2.38. The molecule has 18 heavy (non-hydrogen) atoms. The molecule has 0 bridgehead atoms. The summed E-state index contributed by atoms with van der Waals surface area (Å²) in [6.07, 6.45) is 0. The second-order valence-electron chi connectivity index (χ2n) is 4.15. The van der Waals surface area contributed by atoms with E-state index < -0.39 is 0 Å². The number of rotatable bonds is 6. The number of amides is 1. The minimum absolute atomic E-state index is 0. The molecule has 0 aliphatic rings. The number of benzene rings is 1. The van der Waals surface area contributed by atoms with Crippen LogP contribution in [0, 0.1) is 0 Å². The van der Waals surface area contributed by atoms with E-state index in [1.165, 1.54) is 5.56 Å². The van der Waals surface area contributed by atoms with Crippen LogP contribution in [-0.2, 0) is 4.79 Å². The van der Waals surface area contributed by atoms with Crippen molar-refractivity contribution in [1.29, 1.82) is 0 Å². The van der Waals surface area contributed by atoms with E-state index in [0.717, 1.165) is 0 Å². The molecule has 0 fully saturated rings. The summed E-state index contributed by atoms with van der Waals surface area (Å²) in [6.45, 7) is 5.22. The van der Waals surface area contributed by atoms with Gasteiger partial charge in [-0.1, -0.05) is 26.0 Å². The van der Waals surface area contributed by atoms with E-state index in [4.69, 9.17) is 10.5 Å². The summed E-state index contributed by atoms with van der Waals surface area (Å²) in [6, 6.07) is 7.78. The number of hydrogen-bond acceptors (Lipinski definition) is 3. The second kappa shape index (κ2) is 8.78. The number of carbonyl (C=O) groups is 1. The lowest BCUT2D eigenvalue weighted by atomic mass is 10.0. The molecule has 0 atom stereocenters. The molecule has 5 heteroatoms. The van der Waals surface area contributed by atoms with E-state index >= 15 is 0 Å². The zero-order valence-electron chi connectivity index (χ0n) is 10.8. The van der Waals surface area contributed by atoms with E-state index in [0.29, 0.717) is 24.8 Å². The number of halogens is 1. The zero-order valence-corrected chi connectivity index (χ0v) is 11.6. The molecule has 0 aliphatic heterocycles. The summed E-state index contributed by atoms with van der Waals surface area (Å²) in [5.74, 6) is 1.05. The highest BCUT2D eigenvalue weighted by molar-refractivity contribution is 5.85. The van der Waals surface area contributed by atoms with Crippen LogP contribution >= 0.6 is 12.4 Å². The highest BCUT2D eigenvalue weighted by atomic mass is 35.5. The average Bonchev–Trinajstić information content (AvgIpc) is 2.34. The van der Waals surface area contributed by atoms with Gasteiger partial charge < -0.3 is 15.8 Å². The third kappa shape index (κ3) is 5.89. The van der Waals surface area contributed by atoms with Crippen molar-refractivity contribution >= 4 is 18.3 Å². The normalized spacial score (nSPS) is 9.78. The SMILES string of the molecule is CC(C)c1ccc(OCC(=O)NCCN)cc1.Cl. The van der Waals surface area contributed by atoms with Crippen LogP contribution in [0.15, 0.2) is 24.3 Å². The van der Waals surface area contributed by atoms with Crippen LogP contribution in [-0.4, -0.2) is 25.6 Å². The molecule has 1 amide bonds. The van der Waals surface area contributed by atoms with Crippen LogP contribution in [0.25, 0.3) is 0 Å². The standard InChI is InChI=1S/C13H20N2O2.ClH/c1-10(2)11-3-5-12(6-4-11)17-9-13(16)15-8-7-14;/h3-6,10H,7-9,14H2,1-2H3,(H,15,16);1H. The molecule has 0 aliphatic carbocycles. The van der Waals surface area contributed by atoms with Gasteiger partial charge in [-0.05, 0) is 23.6 Å². The summed E-state index contributed by atoms with van der Waals surface area (Å²) in [5, 5.41) is 2.64. The number of hydrogen-bond donors (Lipinski definition) is 2. The highest BCUT2D eigenvalue weighted by Gasteiger charge is 2.02. The minimum Gasteiger partial charge on any atom is -0.484 e. The molecule has 3 N–H and O–H groups in total. The van der Waals surface area contributed by atoms with E-state index in [9.17, 15) is 4.79 Å². The molecule has 102 valence electrons. The van der Waals surface area contributed by atoms with Crippen LogP contribution in [0.5, 0.6) is 5.75 Å². The minimum atomic E-state index is -0.150. The van der Waals surface area contributed by atoms with Gasteiger partial charge in [0.1, 0.15) is 5.75 Å². The first kappa shape index (κ1) is 16.7. The van der Waals surface area contributed by atoms with Gasteiger partial charge in [-0.15, -0.1) is 12.4 Å². The van der Waals surface area contributed by atoms with Gasteiger partial charge in [0.05, 0.1) is 0 Å². The quantitative estimate of drug-likeness (QED) is 0.828. The molecule has 0 aromatic heterocycles. The molecular formula is C13H21ClN2O2. The lowest BCUT2D eigenvalue weighted by Crippen LogP contribution is -2.32. The van der Waals surface area contributed by atoms with Gasteiger partial charge in [0.25, 0.3) is 5.91 Å². The first-order valence-corrected chi connectivity index (χ1v) is 5.83. The Bertz CT molecular complexity index is 353. The van der Waals surface area contributed by atoms with Gasteiger partial charge in [-0.25, -0.2) is 0 Å². The Morgan fingerprint density at radius 3 is 2.44 bits per heavy atom. The zero-order chi connectivity index (χ0) is 12.7. The van der Waals surface area contributed by atoms with Gasteiger partial charge in [0, 0.05) is 13.1 Å². The van der Waals surface area contributed by atoms with Crippen molar-refractivity contribution in [3.05, 3.63) is 29.8 Å². The van der Waals surface area contributed by atoms with E-state index in [1.807, 2.05) is 24.3 Å². The Labute approximate surface area is 114 Å². The molecule has 0 radical (unpaired) electrons. The summed E-state index contributed by atoms with van der Waals surface area (Å²) >= 11 is 0. The van der Waals surface area contributed by atoms with Crippen molar-refractivity contribution in [2.24, 2.45) is 5.73 Å². The molecule has 0 heterocycles. The Morgan fingerprint density at radius 2 is 1.94 bits per heavy atom. The summed E-state index contributed by atoms with van der Waals surface area (Å²) in [7, 11) is 0. The maximum absolute atomic E-state index is 11.3. The van der Waals surface area contributed by atoms with Gasteiger partial charge >= 0.3 is 0 Å². The van der Waals surface area contributed by atoms with E-state index in [2.05, 4.69) is 19.2 Å². The predicted molar refractivity (Wildman–Crippen MR) is 75.3 cm³/mol. The largest absolute Gasteiger partial charge is 0.484 e. The second-order valence-corrected chi connectivity index (χ2v) is 4.15. The van der Waals surface area contributed by atoms with Crippen molar-refractivity contribution in [2.45, 2.75) is 19.8 Å². The third-order valence-corrected chi connectivity index (χ3v) is 2.38. The number of ether oxygens (including phenoxy) is 1. The van der Waals surface area contributed by atoms with Gasteiger partial charge in [0.15, 0.2) is 6.61 Å². The first-order valence-electron chi connectivity index (χ1n) is 5.83. The smallest absolute Gasteiger partial charge is 0.257 e. The van der Waals surface area contributed by atoms with Crippen molar-refractivity contribution in [1.82, 2.24) is 5.32 Å². The van der Waals surface area contributed by atoms with E-state index in [1.54, 1.807) is 0 Å². The van der Waals surface area contributed by atoms with Gasteiger partial charge in [-0.3, -0.25) is 4.79 Å². The Kier molecular flexibility index (Phi) is 8.16. The molecule has 1 rings (SSSR count). The fourth-order valence-electron chi connectivity index (χ4n) is 1.36. The fraction of sp³-hybridized carbons (Fsp3) is 0.462. The molecule has 0 saturated carbocycles. The summed E-state index contributed by atoms with van der Waals surface area (Å²) in [4.78, 5) is 11.3. The lowest BCUT2D eigenvalue weighted by molar-refractivity contribution is -0.123. The van der Waals surface area contributed by atoms with E-state index in [-0.39, 0.29) is 24.9 Å². The van der Waals surface area contributed by atoms with Crippen molar-refractivity contribution in [2.75, 3.05) is 19.7 Å². The van der Waals surface area contributed by atoms with Crippen molar-refractivity contribution in [3.8, 4) is 5.75 Å². The molecular weight excluding hydrogens is 252 g/mol. The molecule has 0 saturated heterocycles. The van der Waals surface area contributed by atoms with Crippen molar-refractivity contribution < 1.29 is 9.53 Å². The van der Waals surface area contributed by atoms with Crippen LogP contribution in [0.1, 0.15) is 25.3 Å². The Hall–Kier alpha value is -1.26. The molecule has 4 nitrogen and oxygen atoms in total. The number of carbonyl (C=O) groups excluding carboxylic acids is 1. The molecule has 0 spiro atoms. The van der Waals surface area contributed by atoms with Gasteiger partial charge in [-0.2, -0.15) is 0 Å². The fourth-order valence-corrected chi connectivity index (χ4v) is 1.36. The lowest BCUT2D eigenvalue weighted by Gasteiger charge is -2.09. The van der Waals surface area contributed by atoms with Crippen LogP contribution < -0.4 is 15.8 Å². The number of nitrogens with one attached hydrogen (secondary N) is 1.